The number of sulfone groups is 1. The molecule has 0 aliphatic heterocycles. The van der Waals surface area contributed by atoms with Crippen molar-refractivity contribution in [2.45, 2.75) is 26.9 Å². The number of carboxylic acid groups (broad SMARTS) is 1. The first-order valence-corrected chi connectivity index (χ1v) is 22.7. The van der Waals surface area contributed by atoms with Gasteiger partial charge >= 0.3 is 18.0 Å². The molecule has 0 aliphatic carbocycles. The lowest BCUT2D eigenvalue weighted by Gasteiger charge is -2.13. The Labute approximate surface area is 388 Å². The fourth-order valence-electron chi connectivity index (χ4n) is 7.67. The number of aryl methyl sites for hydroxylation is 2. The van der Waals surface area contributed by atoms with E-state index in [1.54, 1.807) is 57.9 Å². The summed E-state index contributed by atoms with van der Waals surface area (Å²) in [5, 5.41) is 12.4. The molecule has 0 radical (unpaired) electrons. The van der Waals surface area contributed by atoms with Gasteiger partial charge in [-0.2, -0.15) is 9.97 Å². The number of halogens is 2. The van der Waals surface area contributed by atoms with Gasteiger partial charge in [0.05, 0.1) is 45.3 Å². The lowest BCUT2D eigenvalue weighted by Crippen LogP contribution is -2.19. The quantitative estimate of drug-likeness (QED) is 0.102. The zero-order chi connectivity index (χ0) is 47.4. The van der Waals surface area contributed by atoms with Crippen molar-refractivity contribution < 1.29 is 42.1 Å². The van der Waals surface area contributed by atoms with Gasteiger partial charge in [0.25, 0.3) is 0 Å². The molecule has 340 valence electrons. The Hall–Kier alpha value is -7.15. The molecule has 17 nitrogen and oxygen atoms in total. The van der Waals surface area contributed by atoms with Gasteiger partial charge in [-0.1, -0.05) is 23.2 Å². The highest BCUT2D eigenvalue weighted by Gasteiger charge is 2.30. The number of hydrogen-bond donors (Lipinski definition) is 1. The van der Waals surface area contributed by atoms with Crippen LogP contribution in [0.5, 0.6) is 23.8 Å². The molecule has 6 heterocycles. The molecule has 0 bridgehead atoms. The van der Waals surface area contributed by atoms with Gasteiger partial charge in [-0.3, -0.25) is 14.8 Å². The Bertz CT molecular complexity index is 3280. The van der Waals surface area contributed by atoms with Crippen LogP contribution in [-0.4, -0.2) is 105 Å². The normalized spacial score (nSPS) is 11.3. The summed E-state index contributed by atoms with van der Waals surface area (Å²) < 4.78 is 48.9. The van der Waals surface area contributed by atoms with Crippen molar-refractivity contribution in [1.29, 1.82) is 0 Å². The summed E-state index contributed by atoms with van der Waals surface area (Å²) in [7, 11) is 2.15. The molecule has 20 heteroatoms. The standard InChI is InChI=1S/C24H23ClN4O5S.C22H19ClN4O4/c1-14-9-15(7-8-26-14)12-29-19-6-5-16(25)10-17(19)21(22(29)20(30)13-35(4,31)32)18-11-27-24(34-3)28-23(18)33-2;1-12-8-13(6-7-24-12)11-27-17-5-4-14(23)9-15(17)18(19(27)21(28)29)16-10-25-22(31-3)26-20(16)30-2/h5-11H,12-13H2,1-4H3;4-10H,11H2,1-3H3,(H,28,29). The second-order valence-electron chi connectivity index (χ2n) is 14.9. The number of aromatic carboxylic acids is 1. The number of Topliss-reactive ketones (excluding diaryl/α,β-unsaturated/α-hetero) is 1. The number of nitrogens with zero attached hydrogens (tertiary/aromatic N) is 8. The summed E-state index contributed by atoms with van der Waals surface area (Å²) in [5.74, 6) is -1.96. The second kappa shape index (κ2) is 19.5. The van der Waals surface area contributed by atoms with E-state index in [0.29, 0.717) is 67.2 Å². The van der Waals surface area contributed by atoms with Crippen molar-refractivity contribution >= 4 is 66.6 Å². The van der Waals surface area contributed by atoms with E-state index >= 15 is 0 Å². The first-order valence-electron chi connectivity index (χ1n) is 19.9. The predicted molar refractivity (Wildman–Crippen MR) is 249 cm³/mol. The van der Waals surface area contributed by atoms with Crippen LogP contribution in [0.25, 0.3) is 44.1 Å². The molecule has 0 aliphatic rings. The number of fused-ring (bicyclic) bond motifs is 2. The van der Waals surface area contributed by atoms with Crippen LogP contribution in [0.2, 0.25) is 10.0 Å². The largest absolute Gasteiger partial charge is 0.480 e. The Balaban J connectivity index is 0.000000198. The van der Waals surface area contributed by atoms with Crippen LogP contribution in [-0.2, 0) is 22.9 Å². The maximum absolute atomic E-state index is 13.6. The zero-order valence-electron chi connectivity index (χ0n) is 36.7. The predicted octanol–water partition coefficient (Wildman–Crippen LogP) is 7.97. The van der Waals surface area contributed by atoms with Crippen molar-refractivity contribution in [3.05, 3.63) is 129 Å². The van der Waals surface area contributed by atoms with Gasteiger partial charge < -0.3 is 33.2 Å². The molecule has 8 rings (SSSR count). The van der Waals surface area contributed by atoms with E-state index in [1.807, 2.05) is 38.1 Å². The molecule has 6 aromatic heterocycles. The van der Waals surface area contributed by atoms with Gasteiger partial charge in [0, 0.05) is 98.5 Å². The van der Waals surface area contributed by atoms with Crippen LogP contribution < -0.4 is 18.9 Å². The molecule has 0 spiro atoms. The van der Waals surface area contributed by atoms with Gasteiger partial charge in [-0.25, -0.2) is 23.2 Å². The van der Waals surface area contributed by atoms with Crippen molar-refractivity contribution in [3.8, 4) is 46.0 Å². The number of ketones is 1. The van der Waals surface area contributed by atoms with E-state index in [4.69, 9.17) is 42.1 Å². The number of methoxy groups -OCH3 is 4. The van der Waals surface area contributed by atoms with Crippen molar-refractivity contribution in [2.75, 3.05) is 40.4 Å². The summed E-state index contributed by atoms with van der Waals surface area (Å²) in [4.78, 5) is 51.3. The molecule has 0 saturated heterocycles. The van der Waals surface area contributed by atoms with E-state index in [9.17, 15) is 23.1 Å². The first kappa shape index (κ1) is 46.8. The maximum Gasteiger partial charge on any atom is 0.353 e. The van der Waals surface area contributed by atoms with E-state index in [0.717, 1.165) is 28.8 Å². The summed E-state index contributed by atoms with van der Waals surface area (Å²) >= 11 is 12.6. The smallest absolute Gasteiger partial charge is 0.353 e. The molecule has 1 N–H and O–H groups in total. The van der Waals surface area contributed by atoms with Crippen LogP contribution in [0.1, 0.15) is 43.5 Å². The molecule has 66 heavy (non-hydrogen) atoms. The molecule has 0 unspecified atom stereocenters. The van der Waals surface area contributed by atoms with E-state index in [2.05, 4.69) is 29.9 Å². The molecule has 0 saturated carbocycles. The number of hydrogen-bond acceptors (Lipinski definition) is 14. The Morgan fingerprint density at radius 3 is 1.47 bits per heavy atom. The van der Waals surface area contributed by atoms with Crippen molar-refractivity contribution in [3.63, 3.8) is 0 Å². The highest BCUT2D eigenvalue weighted by atomic mass is 35.5. The van der Waals surface area contributed by atoms with E-state index < -0.39 is 27.3 Å². The van der Waals surface area contributed by atoms with Gasteiger partial charge in [0.15, 0.2) is 15.6 Å². The monoisotopic (exact) mass is 952 g/mol. The first-order chi connectivity index (χ1) is 31.5. The molecular formula is C46H42Cl2N8O9S. The topological polar surface area (TPSA) is 213 Å². The highest BCUT2D eigenvalue weighted by Crippen LogP contribution is 2.42. The number of pyridine rings is 2. The molecule has 2 aromatic carbocycles. The number of ether oxygens (including phenoxy) is 4. The van der Waals surface area contributed by atoms with E-state index in [-0.39, 0.29) is 35.2 Å². The number of rotatable bonds is 14. The average Bonchev–Trinajstić information content (AvgIpc) is 3.76. The van der Waals surface area contributed by atoms with Crippen LogP contribution in [0.4, 0.5) is 0 Å². The van der Waals surface area contributed by atoms with Crippen LogP contribution in [0, 0.1) is 13.8 Å². The van der Waals surface area contributed by atoms with Gasteiger partial charge in [-0.15, -0.1) is 0 Å². The van der Waals surface area contributed by atoms with Crippen molar-refractivity contribution in [1.82, 2.24) is 39.0 Å². The van der Waals surface area contributed by atoms with Gasteiger partial charge in [-0.05, 0) is 85.6 Å². The fraction of sp³-hybridized carbons (Fsp3) is 0.217. The van der Waals surface area contributed by atoms with Crippen LogP contribution >= 0.6 is 23.2 Å². The van der Waals surface area contributed by atoms with Crippen molar-refractivity contribution in [2.24, 2.45) is 0 Å². The average molecular weight is 954 g/mol. The summed E-state index contributed by atoms with van der Waals surface area (Å²) in [5.41, 5.74) is 6.84. The fourth-order valence-corrected chi connectivity index (χ4v) is 8.63. The minimum Gasteiger partial charge on any atom is -0.480 e. The van der Waals surface area contributed by atoms with Crippen LogP contribution in [0.15, 0.2) is 85.5 Å². The molecule has 0 fully saturated rings. The zero-order valence-corrected chi connectivity index (χ0v) is 39.0. The third-order valence-corrected chi connectivity index (χ3v) is 11.5. The maximum atomic E-state index is 13.6. The minimum atomic E-state index is -3.62. The Morgan fingerprint density at radius 1 is 0.636 bits per heavy atom. The molecule has 0 atom stereocenters. The lowest BCUT2D eigenvalue weighted by atomic mass is 10.0. The molecule has 0 amide bonds. The lowest BCUT2D eigenvalue weighted by molar-refractivity contribution is 0.0686. The molecular weight excluding hydrogens is 912 g/mol. The highest BCUT2D eigenvalue weighted by molar-refractivity contribution is 7.91. The summed E-state index contributed by atoms with van der Waals surface area (Å²) in [6, 6.07) is 18.2. The third-order valence-electron chi connectivity index (χ3n) is 10.3. The Kier molecular flexibility index (Phi) is 13.9. The van der Waals surface area contributed by atoms with Gasteiger partial charge in [0.1, 0.15) is 11.4 Å². The number of carbonyl (C=O) groups excluding carboxylic acids is 1. The van der Waals surface area contributed by atoms with Crippen LogP contribution in [0.3, 0.4) is 0 Å². The second-order valence-corrected chi connectivity index (χ2v) is 17.9. The number of benzene rings is 2. The minimum absolute atomic E-state index is 0.0822. The Morgan fingerprint density at radius 2 is 1.08 bits per heavy atom. The number of carbonyl (C=O) groups is 2. The molecule has 8 aromatic rings. The number of carboxylic acids is 1. The SMILES string of the molecule is COc1ncc(-c2c(C(=O)CS(C)(=O)=O)n(Cc3ccnc(C)c3)c3ccc(Cl)cc23)c(OC)n1.COc1ncc(-c2c(C(=O)O)n(Cc3ccnc(C)c3)c3ccc(Cl)cc23)c(OC)n1. The third kappa shape index (κ3) is 9.90. The summed E-state index contributed by atoms with van der Waals surface area (Å²) in [6.45, 7) is 4.39. The number of aromatic nitrogens is 8. The van der Waals surface area contributed by atoms with Gasteiger partial charge in [0.2, 0.25) is 11.8 Å². The van der Waals surface area contributed by atoms with E-state index in [1.165, 1.54) is 40.8 Å². The summed E-state index contributed by atoms with van der Waals surface area (Å²) in [6.07, 6.45) is 7.39.